The molecule has 5 heteroatoms. The van der Waals surface area contributed by atoms with Crippen LogP contribution in [0.3, 0.4) is 0 Å². The zero-order chi connectivity index (χ0) is 14.4. The largest absolute Gasteiger partial charge is 0.313 e. The zero-order valence-corrected chi connectivity index (χ0v) is 12.7. The maximum atomic E-state index is 13.9. The summed E-state index contributed by atoms with van der Waals surface area (Å²) in [5, 5.41) is 5.28. The molecule has 0 aliphatic rings. The first-order valence-electron chi connectivity index (χ1n) is 6.72. The molecule has 20 heavy (non-hydrogen) atoms. The quantitative estimate of drug-likeness (QED) is 0.850. The van der Waals surface area contributed by atoms with Crippen molar-refractivity contribution in [3.05, 3.63) is 51.7 Å². The van der Waals surface area contributed by atoms with E-state index in [4.69, 9.17) is 0 Å². The minimum atomic E-state index is -0.143. The topological polar surface area (TPSA) is 28.2 Å². The van der Waals surface area contributed by atoms with Crippen LogP contribution in [-0.4, -0.2) is 23.5 Å². The summed E-state index contributed by atoms with van der Waals surface area (Å²) in [6, 6.07) is 5.33. The van der Waals surface area contributed by atoms with Gasteiger partial charge in [-0.1, -0.05) is 19.1 Å². The van der Waals surface area contributed by atoms with Gasteiger partial charge in [-0.15, -0.1) is 11.3 Å². The third-order valence-corrected chi connectivity index (χ3v) is 3.68. The van der Waals surface area contributed by atoms with Crippen LogP contribution in [0, 0.1) is 5.82 Å². The number of thiazole rings is 1. The van der Waals surface area contributed by atoms with Gasteiger partial charge in [0.15, 0.2) is 0 Å². The van der Waals surface area contributed by atoms with E-state index in [2.05, 4.69) is 22.1 Å². The fraction of sp³-hybridized carbons (Fsp3) is 0.400. The van der Waals surface area contributed by atoms with Gasteiger partial charge in [-0.3, -0.25) is 4.90 Å². The number of hydrogen-bond donors (Lipinski definition) is 1. The second-order valence-electron chi connectivity index (χ2n) is 4.86. The molecule has 1 aromatic carbocycles. The SMILES string of the molecule is CCNCc1ccc(F)c(CN(C)Cc2cscn2)c1. The van der Waals surface area contributed by atoms with Crippen molar-refractivity contribution < 1.29 is 4.39 Å². The van der Waals surface area contributed by atoms with Crippen molar-refractivity contribution in [2.45, 2.75) is 26.6 Å². The van der Waals surface area contributed by atoms with Gasteiger partial charge in [0.2, 0.25) is 0 Å². The van der Waals surface area contributed by atoms with Crippen LogP contribution in [0.1, 0.15) is 23.7 Å². The molecule has 0 saturated heterocycles. The highest BCUT2D eigenvalue weighted by atomic mass is 32.1. The van der Waals surface area contributed by atoms with Crippen molar-refractivity contribution in [2.75, 3.05) is 13.6 Å². The van der Waals surface area contributed by atoms with Crippen LogP contribution in [0.25, 0.3) is 0 Å². The molecule has 0 saturated carbocycles. The third kappa shape index (κ3) is 4.37. The number of hydrogen-bond acceptors (Lipinski definition) is 4. The molecule has 3 nitrogen and oxygen atoms in total. The average molecular weight is 293 g/mol. The normalized spacial score (nSPS) is 11.2. The van der Waals surface area contributed by atoms with E-state index in [-0.39, 0.29) is 5.82 Å². The number of halogens is 1. The molecule has 1 aromatic heterocycles. The van der Waals surface area contributed by atoms with Gasteiger partial charge in [0, 0.05) is 30.6 Å². The molecule has 2 aromatic rings. The summed E-state index contributed by atoms with van der Waals surface area (Å²) in [4.78, 5) is 6.33. The fourth-order valence-electron chi connectivity index (χ4n) is 2.07. The molecule has 0 amide bonds. The number of benzene rings is 1. The second kappa shape index (κ2) is 7.47. The first kappa shape index (κ1) is 15.1. The van der Waals surface area contributed by atoms with E-state index in [1.165, 1.54) is 0 Å². The summed E-state index contributed by atoms with van der Waals surface area (Å²) < 4.78 is 13.9. The van der Waals surface area contributed by atoms with Gasteiger partial charge >= 0.3 is 0 Å². The summed E-state index contributed by atoms with van der Waals surface area (Å²) >= 11 is 1.58. The standard InChI is InChI=1S/C15H20FN3S/c1-3-17-7-12-4-5-15(16)13(6-12)8-19(2)9-14-10-20-11-18-14/h4-6,10-11,17H,3,7-9H2,1-2H3. The lowest BCUT2D eigenvalue weighted by atomic mass is 10.1. The lowest BCUT2D eigenvalue weighted by Crippen LogP contribution is -2.19. The molecule has 0 aliphatic heterocycles. The molecular formula is C15H20FN3S. The first-order valence-corrected chi connectivity index (χ1v) is 7.67. The predicted molar refractivity (Wildman–Crippen MR) is 81.1 cm³/mol. The highest BCUT2D eigenvalue weighted by Crippen LogP contribution is 2.14. The van der Waals surface area contributed by atoms with Crippen molar-refractivity contribution in [3.63, 3.8) is 0 Å². The van der Waals surface area contributed by atoms with E-state index in [9.17, 15) is 4.39 Å². The molecule has 1 N–H and O–H groups in total. The van der Waals surface area contributed by atoms with Gasteiger partial charge in [0.05, 0.1) is 11.2 Å². The Morgan fingerprint density at radius 2 is 2.20 bits per heavy atom. The monoisotopic (exact) mass is 293 g/mol. The molecule has 1 heterocycles. The lowest BCUT2D eigenvalue weighted by Gasteiger charge is -2.16. The van der Waals surface area contributed by atoms with Crippen molar-refractivity contribution in [1.29, 1.82) is 0 Å². The molecule has 108 valence electrons. The maximum Gasteiger partial charge on any atom is 0.127 e. The van der Waals surface area contributed by atoms with Crippen LogP contribution in [-0.2, 0) is 19.6 Å². The Morgan fingerprint density at radius 1 is 1.35 bits per heavy atom. The molecule has 0 aliphatic carbocycles. The van der Waals surface area contributed by atoms with Gasteiger partial charge in [-0.05, 0) is 25.2 Å². The Balaban J connectivity index is 2.00. The molecular weight excluding hydrogens is 273 g/mol. The summed E-state index contributed by atoms with van der Waals surface area (Å²) in [5.74, 6) is -0.143. The Kier molecular flexibility index (Phi) is 5.64. The van der Waals surface area contributed by atoms with Crippen molar-refractivity contribution in [3.8, 4) is 0 Å². The van der Waals surface area contributed by atoms with Gasteiger partial charge in [0.1, 0.15) is 5.82 Å². The number of aromatic nitrogens is 1. The van der Waals surface area contributed by atoms with E-state index in [0.717, 1.165) is 36.5 Å². The Morgan fingerprint density at radius 3 is 2.90 bits per heavy atom. The molecule has 0 atom stereocenters. The van der Waals surface area contributed by atoms with Crippen molar-refractivity contribution in [1.82, 2.24) is 15.2 Å². The number of nitrogens with one attached hydrogen (secondary N) is 1. The fourth-order valence-corrected chi connectivity index (χ4v) is 2.62. The molecule has 0 radical (unpaired) electrons. The summed E-state index contributed by atoms with van der Waals surface area (Å²) in [6.07, 6.45) is 0. The molecule has 0 spiro atoms. The summed E-state index contributed by atoms with van der Waals surface area (Å²) in [7, 11) is 1.98. The van der Waals surface area contributed by atoms with Gasteiger partial charge in [0.25, 0.3) is 0 Å². The van der Waals surface area contributed by atoms with Crippen LogP contribution in [0.2, 0.25) is 0 Å². The molecule has 2 rings (SSSR count). The van der Waals surface area contributed by atoms with Crippen molar-refractivity contribution in [2.24, 2.45) is 0 Å². The van der Waals surface area contributed by atoms with Crippen LogP contribution in [0.4, 0.5) is 4.39 Å². The Bertz CT molecular complexity index is 528. The van der Waals surface area contributed by atoms with E-state index in [0.29, 0.717) is 6.54 Å². The van der Waals surface area contributed by atoms with Crippen molar-refractivity contribution >= 4 is 11.3 Å². The highest BCUT2D eigenvalue weighted by Gasteiger charge is 2.08. The summed E-state index contributed by atoms with van der Waals surface area (Å²) in [5.41, 5.74) is 4.70. The average Bonchev–Trinajstić information content (AvgIpc) is 2.92. The van der Waals surface area contributed by atoms with Crippen LogP contribution < -0.4 is 5.32 Å². The first-order chi connectivity index (χ1) is 9.69. The van der Waals surface area contributed by atoms with Crippen LogP contribution in [0.5, 0.6) is 0 Å². The molecule has 0 unspecified atom stereocenters. The Labute approximate surface area is 123 Å². The smallest absolute Gasteiger partial charge is 0.127 e. The molecule has 0 fully saturated rings. The second-order valence-corrected chi connectivity index (χ2v) is 5.58. The van der Waals surface area contributed by atoms with Gasteiger partial charge < -0.3 is 5.32 Å². The maximum absolute atomic E-state index is 13.9. The number of rotatable bonds is 7. The minimum absolute atomic E-state index is 0.143. The van der Waals surface area contributed by atoms with Gasteiger partial charge in [-0.2, -0.15) is 0 Å². The minimum Gasteiger partial charge on any atom is -0.313 e. The predicted octanol–water partition coefficient (Wildman–Crippen LogP) is 3.02. The van der Waals surface area contributed by atoms with Crippen LogP contribution >= 0.6 is 11.3 Å². The summed E-state index contributed by atoms with van der Waals surface area (Å²) in [6.45, 7) is 5.08. The third-order valence-electron chi connectivity index (χ3n) is 3.04. The zero-order valence-electron chi connectivity index (χ0n) is 11.9. The highest BCUT2D eigenvalue weighted by molar-refractivity contribution is 7.07. The van der Waals surface area contributed by atoms with E-state index < -0.39 is 0 Å². The van der Waals surface area contributed by atoms with E-state index in [1.54, 1.807) is 17.4 Å². The lowest BCUT2D eigenvalue weighted by molar-refractivity contribution is 0.310. The van der Waals surface area contributed by atoms with Crippen LogP contribution in [0.15, 0.2) is 29.1 Å². The number of nitrogens with zero attached hydrogens (tertiary/aromatic N) is 2. The van der Waals surface area contributed by atoms with E-state index in [1.807, 2.05) is 30.1 Å². The van der Waals surface area contributed by atoms with Gasteiger partial charge in [-0.25, -0.2) is 9.37 Å². The van der Waals surface area contributed by atoms with E-state index >= 15 is 0 Å². The Hall–Kier alpha value is -1.30. The molecule has 0 bridgehead atoms.